The minimum atomic E-state index is 0. The summed E-state index contributed by atoms with van der Waals surface area (Å²) in [7, 11) is 0. The van der Waals surface area contributed by atoms with Crippen LogP contribution in [0.25, 0.3) is 10.2 Å². The smallest absolute Gasteiger partial charge is 0.228 e. The lowest BCUT2D eigenvalue weighted by molar-refractivity contribution is -0.120. The summed E-state index contributed by atoms with van der Waals surface area (Å²) in [6.07, 6.45) is 2.05. The molecule has 1 fully saturated rings. The number of carbonyl (C=O) groups excluding carboxylic acids is 1. The molecular formula is C14H18ClN3OS. The lowest BCUT2D eigenvalue weighted by Crippen LogP contribution is -2.37. The Balaban J connectivity index is 0.00000147. The number of rotatable bonds is 2. The number of hydrogen-bond donors (Lipinski definition) is 2. The number of thiazole rings is 1. The van der Waals surface area contributed by atoms with Crippen LogP contribution in [0.15, 0.2) is 18.2 Å². The van der Waals surface area contributed by atoms with Gasteiger partial charge in [-0.05, 0) is 44.5 Å². The number of hydrogen-bond acceptors (Lipinski definition) is 4. The predicted octanol–water partition coefficient (Wildman–Crippen LogP) is 2.96. The van der Waals surface area contributed by atoms with Crippen LogP contribution in [-0.4, -0.2) is 24.0 Å². The van der Waals surface area contributed by atoms with Crippen LogP contribution in [0.5, 0.6) is 0 Å². The number of nitrogens with one attached hydrogen (secondary N) is 2. The zero-order chi connectivity index (χ0) is 13.2. The van der Waals surface area contributed by atoms with E-state index < -0.39 is 0 Å². The Bertz CT molecular complexity index is 607. The third-order valence-corrected chi connectivity index (χ3v) is 4.36. The van der Waals surface area contributed by atoms with Gasteiger partial charge in [0.1, 0.15) is 0 Å². The van der Waals surface area contributed by atoms with Crippen molar-refractivity contribution in [2.75, 3.05) is 18.4 Å². The van der Waals surface area contributed by atoms with Gasteiger partial charge < -0.3 is 10.6 Å². The zero-order valence-electron chi connectivity index (χ0n) is 11.3. The van der Waals surface area contributed by atoms with Gasteiger partial charge >= 0.3 is 0 Å². The van der Waals surface area contributed by atoms with Gasteiger partial charge in [-0.3, -0.25) is 4.79 Å². The third kappa shape index (κ3) is 3.29. The molecule has 2 aromatic rings. The van der Waals surface area contributed by atoms with Gasteiger partial charge in [-0.2, -0.15) is 0 Å². The Kier molecular flexibility index (Phi) is 4.96. The molecule has 1 aliphatic rings. The molecule has 0 aliphatic carbocycles. The molecule has 1 aromatic heterocycles. The second-order valence-electron chi connectivity index (χ2n) is 4.95. The summed E-state index contributed by atoms with van der Waals surface area (Å²) in [5.74, 6) is 0.209. The molecule has 0 bridgehead atoms. The van der Waals surface area contributed by atoms with Crippen LogP contribution in [0, 0.1) is 12.8 Å². The molecule has 4 nitrogen and oxygen atoms in total. The maximum atomic E-state index is 12.1. The lowest BCUT2D eigenvalue weighted by atomic mass is 9.99. The summed E-state index contributed by atoms with van der Waals surface area (Å²) in [5.41, 5.74) is 1.87. The molecule has 108 valence electrons. The molecular weight excluding hydrogens is 294 g/mol. The van der Waals surface area contributed by atoms with Gasteiger partial charge in [-0.15, -0.1) is 23.7 Å². The van der Waals surface area contributed by atoms with E-state index in [-0.39, 0.29) is 24.2 Å². The van der Waals surface area contributed by atoms with Crippen LogP contribution < -0.4 is 10.6 Å². The van der Waals surface area contributed by atoms with Gasteiger partial charge in [0.25, 0.3) is 0 Å². The molecule has 0 saturated carbocycles. The number of carbonyl (C=O) groups is 1. The standard InChI is InChI=1S/C14H17N3OS.ClH/c1-9-16-12-5-4-11(7-13(12)19-9)17-14(18)10-3-2-6-15-8-10;/h4-5,7,10,15H,2-3,6,8H2,1H3,(H,17,18);1H. The summed E-state index contributed by atoms with van der Waals surface area (Å²) in [6.45, 7) is 3.81. The van der Waals surface area contributed by atoms with E-state index in [4.69, 9.17) is 0 Å². The summed E-state index contributed by atoms with van der Waals surface area (Å²) < 4.78 is 1.12. The van der Waals surface area contributed by atoms with E-state index in [0.717, 1.165) is 46.8 Å². The SMILES string of the molecule is Cc1nc2ccc(NC(=O)C3CCCNC3)cc2s1.Cl. The van der Waals surface area contributed by atoms with Crippen molar-refractivity contribution in [3.63, 3.8) is 0 Å². The number of halogens is 1. The molecule has 2 N–H and O–H groups in total. The maximum Gasteiger partial charge on any atom is 0.228 e. The molecule has 2 heterocycles. The van der Waals surface area contributed by atoms with Gasteiger partial charge in [-0.25, -0.2) is 4.98 Å². The van der Waals surface area contributed by atoms with E-state index in [2.05, 4.69) is 15.6 Å². The maximum absolute atomic E-state index is 12.1. The third-order valence-electron chi connectivity index (χ3n) is 3.43. The average molecular weight is 312 g/mol. The number of fused-ring (bicyclic) bond motifs is 1. The zero-order valence-corrected chi connectivity index (χ0v) is 12.9. The van der Waals surface area contributed by atoms with Crippen LogP contribution in [0.3, 0.4) is 0 Å². The fourth-order valence-corrected chi connectivity index (χ4v) is 3.30. The second-order valence-corrected chi connectivity index (χ2v) is 6.18. The minimum absolute atomic E-state index is 0. The minimum Gasteiger partial charge on any atom is -0.326 e. The van der Waals surface area contributed by atoms with Crippen molar-refractivity contribution in [3.8, 4) is 0 Å². The van der Waals surface area contributed by atoms with Crippen molar-refractivity contribution in [2.45, 2.75) is 19.8 Å². The number of aromatic nitrogens is 1. The first-order chi connectivity index (χ1) is 9.22. The quantitative estimate of drug-likeness (QED) is 0.896. The molecule has 6 heteroatoms. The first-order valence-electron chi connectivity index (χ1n) is 6.61. The molecule has 20 heavy (non-hydrogen) atoms. The summed E-state index contributed by atoms with van der Waals surface area (Å²) in [4.78, 5) is 16.6. The highest BCUT2D eigenvalue weighted by atomic mass is 35.5. The Hall–Kier alpha value is -1.17. The van der Waals surface area contributed by atoms with E-state index >= 15 is 0 Å². The Morgan fingerprint density at radius 2 is 2.35 bits per heavy atom. The molecule has 0 spiro atoms. The lowest BCUT2D eigenvalue weighted by Gasteiger charge is -2.21. The average Bonchev–Trinajstić information content (AvgIpc) is 2.79. The summed E-state index contributed by atoms with van der Waals surface area (Å²) in [6, 6.07) is 5.90. The highest BCUT2D eigenvalue weighted by Gasteiger charge is 2.20. The number of amides is 1. The highest BCUT2D eigenvalue weighted by molar-refractivity contribution is 7.18. The van der Waals surface area contributed by atoms with Crippen LogP contribution >= 0.6 is 23.7 Å². The van der Waals surface area contributed by atoms with E-state index in [1.54, 1.807) is 11.3 Å². The molecule has 1 saturated heterocycles. The van der Waals surface area contributed by atoms with Crippen LogP contribution in [0.1, 0.15) is 17.8 Å². The van der Waals surface area contributed by atoms with Gasteiger partial charge in [-0.1, -0.05) is 0 Å². The Labute approximate surface area is 128 Å². The predicted molar refractivity (Wildman–Crippen MR) is 85.8 cm³/mol. The Morgan fingerprint density at radius 1 is 1.50 bits per heavy atom. The van der Waals surface area contributed by atoms with E-state index in [0.29, 0.717) is 0 Å². The second kappa shape index (κ2) is 6.52. The van der Waals surface area contributed by atoms with Gasteiger partial charge in [0.2, 0.25) is 5.91 Å². The van der Waals surface area contributed by atoms with Crippen molar-refractivity contribution >= 4 is 45.6 Å². The van der Waals surface area contributed by atoms with Crippen LogP contribution in [-0.2, 0) is 4.79 Å². The molecule has 1 atom stereocenters. The Morgan fingerprint density at radius 3 is 3.10 bits per heavy atom. The van der Waals surface area contributed by atoms with Crippen LogP contribution in [0.2, 0.25) is 0 Å². The molecule has 1 amide bonds. The molecule has 1 unspecified atom stereocenters. The van der Waals surface area contributed by atoms with Gasteiger partial charge in [0, 0.05) is 12.2 Å². The van der Waals surface area contributed by atoms with E-state index in [1.165, 1.54) is 0 Å². The highest BCUT2D eigenvalue weighted by Crippen LogP contribution is 2.25. The molecule has 1 aromatic carbocycles. The van der Waals surface area contributed by atoms with Crippen molar-refractivity contribution in [2.24, 2.45) is 5.92 Å². The fraction of sp³-hybridized carbons (Fsp3) is 0.429. The van der Waals surface area contributed by atoms with Crippen molar-refractivity contribution in [3.05, 3.63) is 23.2 Å². The molecule has 3 rings (SSSR count). The van der Waals surface area contributed by atoms with Gasteiger partial charge in [0.15, 0.2) is 0 Å². The number of benzene rings is 1. The number of aryl methyl sites for hydroxylation is 1. The fourth-order valence-electron chi connectivity index (χ4n) is 2.44. The normalized spacial score (nSPS) is 18.6. The number of nitrogens with zero attached hydrogens (tertiary/aromatic N) is 1. The monoisotopic (exact) mass is 311 g/mol. The van der Waals surface area contributed by atoms with Crippen LogP contribution in [0.4, 0.5) is 5.69 Å². The van der Waals surface area contributed by atoms with Gasteiger partial charge in [0.05, 0.1) is 21.1 Å². The van der Waals surface area contributed by atoms with E-state index in [9.17, 15) is 4.79 Å². The van der Waals surface area contributed by atoms with E-state index in [1.807, 2.05) is 25.1 Å². The topological polar surface area (TPSA) is 54.0 Å². The number of piperidine rings is 1. The number of anilines is 1. The van der Waals surface area contributed by atoms with Crippen molar-refractivity contribution in [1.82, 2.24) is 10.3 Å². The molecule has 1 aliphatic heterocycles. The largest absolute Gasteiger partial charge is 0.326 e. The summed E-state index contributed by atoms with van der Waals surface area (Å²) >= 11 is 1.65. The molecule has 0 radical (unpaired) electrons. The van der Waals surface area contributed by atoms with Crippen molar-refractivity contribution in [1.29, 1.82) is 0 Å². The first kappa shape index (κ1) is 15.2. The summed E-state index contributed by atoms with van der Waals surface area (Å²) in [5, 5.41) is 7.33. The first-order valence-corrected chi connectivity index (χ1v) is 7.43. The van der Waals surface area contributed by atoms with Crippen molar-refractivity contribution < 1.29 is 4.79 Å².